The monoisotopic (exact) mass is 311 g/mol. The van der Waals surface area contributed by atoms with Crippen LogP contribution in [0.1, 0.15) is 10.7 Å². The molecular formula is C14H9N5O4. The van der Waals surface area contributed by atoms with E-state index in [1.54, 1.807) is 18.2 Å². The lowest BCUT2D eigenvalue weighted by molar-refractivity contribution is 0.0981. The largest absolute Gasteiger partial charge is 0.454 e. The van der Waals surface area contributed by atoms with Crippen LogP contribution >= 0.6 is 0 Å². The molecule has 2 aromatic heterocycles. The molecule has 0 bridgehead atoms. The second kappa shape index (κ2) is 5.37. The minimum atomic E-state index is -0.536. The number of amides is 1. The number of benzene rings is 1. The van der Waals surface area contributed by atoms with E-state index in [4.69, 9.17) is 14.0 Å². The summed E-state index contributed by atoms with van der Waals surface area (Å²) >= 11 is 0. The standard InChI is InChI=1S/C14H9N5O4/c20-13(17-8-1-2-10-11(5-8)22-7-21-10)14-18-12(19-23-14)9-6-15-3-4-16-9/h1-6H,7H2,(H,17,20). The van der Waals surface area contributed by atoms with Crippen LogP contribution in [0, 0.1) is 0 Å². The first-order chi connectivity index (χ1) is 11.3. The summed E-state index contributed by atoms with van der Waals surface area (Å²) < 4.78 is 15.4. The smallest absolute Gasteiger partial charge is 0.316 e. The Kier molecular flexibility index (Phi) is 3.08. The van der Waals surface area contributed by atoms with Gasteiger partial charge < -0.3 is 19.3 Å². The number of hydrogen-bond donors (Lipinski definition) is 1. The first kappa shape index (κ1) is 13.2. The van der Waals surface area contributed by atoms with E-state index >= 15 is 0 Å². The lowest BCUT2D eigenvalue weighted by Gasteiger charge is -2.03. The zero-order valence-corrected chi connectivity index (χ0v) is 11.6. The second-order valence-corrected chi connectivity index (χ2v) is 4.54. The predicted octanol–water partition coefficient (Wildman–Crippen LogP) is 1.51. The van der Waals surface area contributed by atoms with E-state index in [2.05, 4.69) is 25.4 Å². The van der Waals surface area contributed by atoms with Gasteiger partial charge in [0.15, 0.2) is 11.5 Å². The molecule has 3 aromatic rings. The average molecular weight is 311 g/mol. The fourth-order valence-electron chi connectivity index (χ4n) is 1.99. The highest BCUT2D eigenvalue weighted by Gasteiger charge is 2.19. The van der Waals surface area contributed by atoms with E-state index < -0.39 is 5.91 Å². The summed E-state index contributed by atoms with van der Waals surface area (Å²) in [6.07, 6.45) is 4.50. The van der Waals surface area contributed by atoms with Crippen LogP contribution in [0.3, 0.4) is 0 Å². The number of rotatable bonds is 3. The third-order valence-electron chi connectivity index (χ3n) is 3.04. The van der Waals surface area contributed by atoms with E-state index in [-0.39, 0.29) is 18.5 Å². The Hall–Kier alpha value is -3.49. The van der Waals surface area contributed by atoms with Crippen LogP contribution in [0.25, 0.3) is 11.5 Å². The van der Waals surface area contributed by atoms with Crippen LogP contribution in [0.15, 0.2) is 41.3 Å². The molecule has 0 fully saturated rings. The van der Waals surface area contributed by atoms with Gasteiger partial charge in [0.2, 0.25) is 12.6 Å². The van der Waals surface area contributed by atoms with Gasteiger partial charge in [-0.3, -0.25) is 9.78 Å². The quantitative estimate of drug-likeness (QED) is 0.774. The van der Waals surface area contributed by atoms with Crippen LogP contribution in [-0.2, 0) is 0 Å². The third-order valence-corrected chi connectivity index (χ3v) is 3.04. The van der Waals surface area contributed by atoms with Gasteiger partial charge in [0, 0.05) is 24.1 Å². The first-order valence-electron chi connectivity index (χ1n) is 6.61. The fraction of sp³-hybridized carbons (Fsp3) is 0.0714. The highest BCUT2D eigenvalue weighted by molar-refractivity contribution is 6.01. The molecule has 0 aliphatic carbocycles. The fourth-order valence-corrected chi connectivity index (χ4v) is 1.99. The minimum Gasteiger partial charge on any atom is -0.454 e. The maximum absolute atomic E-state index is 12.1. The van der Waals surface area contributed by atoms with Gasteiger partial charge >= 0.3 is 11.8 Å². The van der Waals surface area contributed by atoms with Gasteiger partial charge in [-0.15, -0.1) is 0 Å². The molecule has 0 atom stereocenters. The van der Waals surface area contributed by atoms with Crippen LogP contribution in [0.2, 0.25) is 0 Å². The van der Waals surface area contributed by atoms with Crippen LogP contribution in [0.5, 0.6) is 11.5 Å². The van der Waals surface area contributed by atoms with Crippen molar-refractivity contribution in [1.29, 1.82) is 0 Å². The first-order valence-corrected chi connectivity index (χ1v) is 6.61. The topological polar surface area (TPSA) is 112 Å². The molecule has 1 aromatic carbocycles. The number of nitrogens with zero attached hydrogens (tertiary/aromatic N) is 4. The number of carbonyl (C=O) groups is 1. The van der Waals surface area contributed by atoms with E-state index in [1.165, 1.54) is 18.6 Å². The highest BCUT2D eigenvalue weighted by atomic mass is 16.7. The molecule has 4 rings (SSSR count). The number of nitrogens with one attached hydrogen (secondary N) is 1. The van der Waals surface area contributed by atoms with Gasteiger partial charge in [-0.2, -0.15) is 4.98 Å². The summed E-state index contributed by atoms with van der Waals surface area (Å²) in [6, 6.07) is 5.04. The molecule has 9 nitrogen and oxygen atoms in total. The van der Waals surface area contributed by atoms with Crippen molar-refractivity contribution in [2.75, 3.05) is 12.1 Å². The molecule has 0 saturated heterocycles. The predicted molar refractivity (Wildman–Crippen MR) is 75.8 cm³/mol. The Morgan fingerprint density at radius 3 is 2.96 bits per heavy atom. The molecule has 1 amide bonds. The molecule has 0 spiro atoms. The Labute approximate surface area is 129 Å². The minimum absolute atomic E-state index is 0.165. The zero-order valence-electron chi connectivity index (χ0n) is 11.6. The van der Waals surface area contributed by atoms with Gasteiger partial charge in [0.25, 0.3) is 0 Å². The van der Waals surface area contributed by atoms with Gasteiger partial charge in [-0.1, -0.05) is 5.16 Å². The van der Waals surface area contributed by atoms with E-state index in [9.17, 15) is 4.79 Å². The third kappa shape index (κ3) is 2.55. The maximum Gasteiger partial charge on any atom is 0.316 e. The summed E-state index contributed by atoms with van der Waals surface area (Å²) in [4.78, 5) is 24.1. The molecule has 1 N–H and O–H groups in total. The van der Waals surface area contributed by atoms with E-state index in [0.29, 0.717) is 22.9 Å². The van der Waals surface area contributed by atoms with Crippen molar-refractivity contribution in [3.63, 3.8) is 0 Å². The van der Waals surface area contributed by atoms with Crippen LogP contribution in [0.4, 0.5) is 5.69 Å². The SMILES string of the molecule is O=C(Nc1ccc2c(c1)OCO2)c1nc(-c2cnccn2)no1. The van der Waals surface area contributed by atoms with E-state index in [0.717, 1.165) is 0 Å². The van der Waals surface area contributed by atoms with Crippen molar-refractivity contribution in [2.45, 2.75) is 0 Å². The lowest BCUT2D eigenvalue weighted by atomic mass is 10.3. The molecule has 9 heteroatoms. The molecule has 0 unspecified atom stereocenters. The van der Waals surface area contributed by atoms with Crippen molar-refractivity contribution in [3.8, 4) is 23.0 Å². The molecule has 1 aliphatic heterocycles. The Bertz CT molecular complexity index is 865. The summed E-state index contributed by atoms with van der Waals surface area (Å²) in [7, 11) is 0. The number of fused-ring (bicyclic) bond motifs is 1. The molecule has 1 aliphatic rings. The maximum atomic E-state index is 12.1. The van der Waals surface area contributed by atoms with Gasteiger partial charge in [-0.05, 0) is 12.1 Å². The van der Waals surface area contributed by atoms with Gasteiger partial charge in [-0.25, -0.2) is 4.98 Å². The summed E-state index contributed by atoms with van der Waals surface area (Å²) in [5.41, 5.74) is 0.942. The Morgan fingerprint density at radius 1 is 1.17 bits per heavy atom. The van der Waals surface area contributed by atoms with Crippen molar-refractivity contribution in [2.24, 2.45) is 0 Å². The number of hydrogen-bond acceptors (Lipinski definition) is 8. The summed E-state index contributed by atoms with van der Waals surface area (Å²) in [5.74, 6) is 0.670. The summed E-state index contributed by atoms with van der Waals surface area (Å²) in [5, 5.41) is 6.36. The number of ether oxygens (including phenoxy) is 2. The molecule has 3 heterocycles. The molecule has 0 saturated carbocycles. The number of aromatic nitrogens is 4. The Balaban J connectivity index is 1.52. The van der Waals surface area contributed by atoms with Crippen molar-refractivity contribution in [1.82, 2.24) is 20.1 Å². The molecule has 114 valence electrons. The molecule has 0 radical (unpaired) electrons. The molecule has 23 heavy (non-hydrogen) atoms. The van der Waals surface area contributed by atoms with Gasteiger partial charge in [0.1, 0.15) is 5.69 Å². The molecular weight excluding hydrogens is 302 g/mol. The average Bonchev–Trinajstić information content (AvgIpc) is 3.24. The van der Waals surface area contributed by atoms with Crippen molar-refractivity contribution >= 4 is 11.6 Å². The van der Waals surface area contributed by atoms with Gasteiger partial charge in [0.05, 0.1) is 6.20 Å². The zero-order chi connectivity index (χ0) is 15.6. The summed E-state index contributed by atoms with van der Waals surface area (Å²) in [6.45, 7) is 0.165. The Morgan fingerprint density at radius 2 is 2.09 bits per heavy atom. The van der Waals surface area contributed by atoms with Crippen LogP contribution < -0.4 is 14.8 Å². The van der Waals surface area contributed by atoms with E-state index in [1.807, 2.05) is 0 Å². The lowest BCUT2D eigenvalue weighted by Crippen LogP contribution is -2.12. The second-order valence-electron chi connectivity index (χ2n) is 4.54. The van der Waals surface area contributed by atoms with Crippen molar-refractivity contribution < 1.29 is 18.8 Å². The number of anilines is 1. The van der Waals surface area contributed by atoms with Crippen LogP contribution in [-0.4, -0.2) is 32.8 Å². The highest BCUT2D eigenvalue weighted by Crippen LogP contribution is 2.34. The number of carbonyl (C=O) groups excluding carboxylic acids is 1. The van der Waals surface area contributed by atoms with Crippen molar-refractivity contribution in [3.05, 3.63) is 42.7 Å². The normalized spacial score (nSPS) is 12.2.